The zero-order valence-corrected chi connectivity index (χ0v) is 13.6. The van der Waals surface area contributed by atoms with Gasteiger partial charge in [0.05, 0.1) is 6.20 Å². The Labute approximate surface area is 140 Å². The Bertz CT molecular complexity index is 717. The molecule has 0 aliphatic carbocycles. The Morgan fingerprint density at radius 2 is 1.96 bits per heavy atom. The zero-order valence-electron chi connectivity index (χ0n) is 13.6. The largest absolute Gasteiger partial charge is 0.454 e. The maximum Gasteiger partial charge on any atom is 0.244 e. The van der Waals surface area contributed by atoms with Crippen molar-refractivity contribution >= 4 is 11.8 Å². The molecule has 2 aliphatic rings. The number of aromatic nitrogens is 3. The molecule has 1 N–H and O–H groups in total. The van der Waals surface area contributed by atoms with E-state index >= 15 is 0 Å². The van der Waals surface area contributed by atoms with Crippen LogP contribution in [0.2, 0.25) is 0 Å². The Kier molecular flexibility index (Phi) is 4.04. The first-order chi connectivity index (χ1) is 11.8. The molecule has 3 heterocycles. The van der Waals surface area contributed by atoms with E-state index in [0.717, 1.165) is 49.1 Å². The van der Waals surface area contributed by atoms with Gasteiger partial charge in [0.2, 0.25) is 12.7 Å². The summed E-state index contributed by atoms with van der Waals surface area (Å²) < 4.78 is 10.7. The van der Waals surface area contributed by atoms with E-state index in [4.69, 9.17) is 9.47 Å². The maximum atomic E-state index is 5.39. The third-order valence-corrected chi connectivity index (χ3v) is 4.26. The molecule has 0 amide bonds. The van der Waals surface area contributed by atoms with Gasteiger partial charge < -0.3 is 24.6 Å². The smallest absolute Gasteiger partial charge is 0.244 e. The molecule has 1 aromatic carbocycles. The SMILES string of the molecule is CN1CCN(c2cnnc(NCc3ccc4c(c3)OCO4)n2)CC1. The number of likely N-dealkylation sites (N-methyl/N-ethyl adjacent to an activating group) is 1. The van der Waals surface area contributed by atoms with Crippen molar-refractivity contribution in [2.24, 2.45) is 0 Å². The summed E-state index contributed by atoms with van der Waals surface area (Å²) in [5, 5.41) is 11.4. The van der Waals surface area contributed by atoms with Gasteiger partial charge >= 0.3 is 0 Å². The summed E-state index contributed by atoms with van der Waals surface area (Å²) in [6, 6.07) is 5.88. The minimum absolute atomic E-state index is 0.284. The summed E-state index contributed by atoms with van der Waals surface area (Å²) in [6.45, 7) is 4.86. The highest BCUT2D eigenvalue weighted by Crippen LogP contribution is 2.32. The summed E-state index contributed by atoms with van der Waals surface area (Å²) in [5.41, 5.74) is 1.08. The molecule has 24 heavy (non-hydrogen) atoms. The summed E-state index contributed by atoms with van der Waals surface area (Å²) in [4.78, 5) is 9.12. The van der Waals surface area contributed by atoms with E-state index in [1.165, 1.54) is 0 Å². The predicted octanol–water partition coefficient (Wildman–Crippen LogP) is 0.964. The van der Waals surface area contributed by atoms with E-state index in [1.807, 2.05) is 18.2 Å². The van der Waals surface area contributed by atoms with Gasteiger partial charge in [0, 0.05) is 32.7 Å². The number of piperazine rings is 1. The lowest BCUT2D eigenvalue weighted by molar-refractivity contribution is 0.174. The Balaban J connectivity index is 1.41. The summed E-state index contributed by atoms with van der Waals surface area (Å²) in [7, 11) is 2.13. The fourth-order valence-electron chi connectivity index (χ4n) is 2.79. The van der Waals surface area contributed by atoms with Crippen LogP contribution in [0.4, 0.5) is 11.8 Å². The fourth-order valence-corrected chi connectivity index (χ4v) is 2.79. The minimum atomic E-state index is 0.284. The lowest BCUT2D eigenvalue weighted by atomic mass is 10.2. The van der Waals surface area contributed by atoms with Crippen LogP contribution in [0.15, 0.2) is 24.4 Å². The zero-order chi connectivity index (χ0) is 16.4. The number of benzene rings is 1. The van der Waals surface area contributed by atoms with Crippen molar-refractivity contribution in [2.45, 2.75) is 6.54 Å². The summed E-state index contributed by atoms with van der Waals surface area (Å²) >= 11 is 0. The average molecular weight is 328 g/mol. The first-order valence-corrected chi connectivity index (χ1v) is 8.03. The molecule has 4 rings (SSSR count). The van der Waals surface area contributed by atoms with Crippen molar-refractivity contribution in [2.75, 3.05) is 50.2 Å². The molecule has 0 atom stereocenters. The quantitative estimate of drug-likeness (QED) is 0.890. The van der Waals surface area contributed by atoms with Crippen molar-refractivity contribution < 1.29 is 9.47 Å². The highest BCUT2D eigenvalue weighted by Gasteiger charge is 2.16. The predicted molar refractivity (Wildman–Crippen MR) is 89.4 cm³/mol. The van der Waals surface area contributed by atoms with Gasteiger partial charge in [0.1, 0.15) is 0 Å². The van der Waals surface area contributed by atoms with Crippen LogP contribution in [0.25, 0.3) is 0 Å². The maximum absolute atomic E-state index is 5.39. The van der Waals surface area contributed by atoms with Crippen LogP contribution in [0.3, 0.4) is 0 Å². The van der Waals surface area contributed by atoms with E-state index < -0.39 is 0 Å². The number of ether oxygens (including phenoxy) is 2. The van der Waals surface area contributed by atoms with E-state index in [1.54, 1.807) is 6.20 Å². The third-order valence-electron chi connectivity index (χ3n) is 4.26. The van der Waals surface area contributed by atoms with E-state index in [9.17, 15) is 0 Å². The van der Waals surface area contributed by atoms with Gasteiger partial charge in [-0.05, 0) is 24.7 Å². The van der Waals surface area contributed by atoms with Crippen LogP contribution >= 0.6 is 0 Å². The molecular weight excluding hydrogens is 308 g/mol. The Hall–Kier alpha value is -2.61. The number of hydrogen-bond acceptors (Lipinski definition) is 8. The number of nitrogens with zero attached hydrogens (tertiary/aromatic N) is 5. The van der Waals surface area contributed by atoms with Crippen molar-refractivity contribution in [1.29, 1.82) is 0 Å². The van der Waals surface area contributed by atoms with Crippen molar-refractivity contribution in [3.63, 3.8) is 0 Å². The van der Waals surface area contributed by atoms with Crippen LogP contribution in [0.1, 0.15) is 5.56 Å². The topological polar surface area (TPSA) is 75.6 Å². The second-order valence-electron chi connectivity index (χ2n) is 5.97. The van der Waals surface area contributed by atoms with Crippen LogP contribution in [0, 0.1) is 0 Å². The molecule has 8 nitrogen and oxygen atoms in total. The van der Waals surface area contributed by atoms with Gasteiger partial charge in [-0.2, -0.15) is 10.1 Å². The van der Waals surface area contributed by atoms with Crippen LogP contribution in [-0.4, -0.2) is 60.1 Å². The number of hydrogen-bond donors (Lipinski definition) is 1. The minimum Gasteiger partial charge on any atom is -0.454 e. The third kappa shape index (κ3) is 3.18. The van der Waals surface area contributed by atoms with Crippen molar-refractivity contribution in [3.05, 3.63) is 30.0 Å². The molecule has 0 radical (unpaired) electrons. The van der Waals surface area contributed by atoms with Gasteiger partial charge in [-0.1, -0.05) is 6.07 Å². The molecule has 2 aromatic rings. The van der Waals surface area contributed by atoms with Gasteiger partial charge in [-0.15, -0.1) is 5.10 Å². The Morgan fingerprint density at radius 3 is 2.83 bits per heavy atom. The van der Waals surface area contributed by atoms with Gasteiger partial charge in [-0.25, -0.2) is 0 Å². The normalized spacial score (nSPS) is 17.1. The van der Waals surface area contributed by atoms with Crippen LogP contribution in [-0.2, 0) is 6.54 Å². The summed E-state index contributed by atoms with van der Waals surface area (Å²) in [6.07, 6.45) is 1.72. The van der Waals surface area contributed by atoms with Crippen LogP contribution < -0.4 is 19.7 Å². The van der Waals surface area contributed by atoms with Gasteiger partial charge in [0.15, 0.2) is 17.3 Å². The number of anilines is 2. The van der Waals surface area contributed by atoms with Crippen molar-refractivity contribution in [3.8, 4) is 11.5 Å². The molecule has 0 unspecified atom stereocenters. The molecule has 0 bridgehead atoms. The van der Waals surface area contributed by atoms with Crippen LogP contribution in [0.5, 0.6) is 11.5 Å². The number of rotatable bonds is 4. The lowest BCUT2D eigenvalue weighted by Crippen LogP contribution is -2.44. The lowest BCUT2D eigenvalue weighted by Gasteiger charge is -2.32. The van der Waals surface area contributed by atoms with Crippen molar-refractivity contribution in [1.82, 2.24) is 20.1 Å². The second kappa shape index (κ2) is 6.48. The van der Waals surface area contributed by atoms with E-state index in [-0.39, 0.29) is 6.79 Å². The molecule has 0 spiro atoms. The van der Waals surface area contributed by atoms with Gasteiger partial charge in [-0.3, -0.25) is 0 Å². The molecule has 1 aromatic heterocycles. The second-order valence-corrected chi connectivity index (χ2v) is 5.97. The highest BCUT2D eigenvalue weighted by molar-refractivity contribution is 5.46. The molecule has 1 fully saturated rings. The first kappa shape index (κ1) is 14.9. The Morgan fingerprint density at radius 1 is 1.12 bits per heavy atom. The molecule has 1 saturated heterocycles. The number of nitrogens with one attached hydrogen (secondary N) is 1. The molecule has 0 saturated carbocycles. The monoisotopic (exact) mass is 328 g/mol. The van der Waals surface area contributed by atoms with E-state index in [2.05, 4.69) is 37.3 Å². The first-order valence-electron chi connectivity index (χ1n) is 8.03. The molecular formula is C16H20N6O2. The van der Waals surface area contributed by atoms with E-state index in [0.29, 0.717) is 12.5 Å². The summed E-state index contributed by atoms with van der Waals surface area (Å²) in [5.74, 6) is 2.96. The highest BCUT2D eigenvalue weighted by atomic mass is 16.7. The standard InChI is InChI=1S/C16H20N6O2/c1-21-4-6-22(7-5-21)15-10-18-20-16(19-15)17-9-12-2-3-13-14(8-12)24-11-23-13/h2-3,8,10H,4-7,9,11H2,1H3,(H,17,19,20). The average Bonchev–Trinajstić information content (AvgIpc) is 3.08. The number of fused-ring (bicyclic) bond motifs is 1. The molecule has 8 heteroatoms. The van der Waals surface area contributed by atoms with Gasteiger partial charge in [0.25, 0.3) is 0 Å². The fraction of sp³-hybridized carbons (Fsp3) is 0.438. The molecule has 126 valence electrons. The molecule has 2 aliphatic heterocycles.